The number of hydrogen-bond donors (Lipinski definition) is 2. The van der Waals surface area contributed by atoms with E-state index in [1.807, 2.05) is 45.0 Å². The van der Waals surface area contributed by atoms with E-state index in [0.717, 1.165) is 16.5 Å². The van der Waals surface area contributed by atoms with Crippen LogP contribution in [0.1, 0.15) is 56.0 Å². The molecule has 2 aromatic carbocycles. The lowest BCUT2D eigenvalue weighted by Crippen LogP contribution is -2.44. The van der Waals surface area contributed by atoms with Crippen LogP contribution in [0.3, 0.4) is 0 Å². The molecular weight excluding hydrogens is 444 g/mol. The van der Waals surface area contributed by atoms with E-state index in [1.165, 1.54) is 0 Å². The number of ether oxygens (including phenoxy) is 1. The molecule has 2 N–H and O–H groups in total. The predicted molar refractivity (Wildman–Crippen MR) is 123 cm³/mol. The lowest BCUT2D eigenvalue weighted by atomic mass is 9.73. The fraction of sp³-hybridized carbons (Fsp3) is 0.417. The van der Waals surface area contributed by atoms with Crippen molar-refractivity contribution in [2.24, 2.45) is 0 Å². The molecule has 1 heterocycles. The molecule has 1 fully saturated rings. The standard InChI is InChI=1S/C24H29BrN2O3/c1-4-23(2,3)27-21(28)17-5-11-20(12-6-17)26-22(29)24(13-15-30-16-14-24)18-7-9-19(25)10-8-18/h5-12H,4,13-16H2,1-3H3,(H,26,29)(H,27,28). The smallest absolute Gasteiger partial charge is 0.251 e. The number of anilines is 1. The van der Waals surface area contributed by atoms with Crippen molar-refractivity contribution in [1.82, 2.24) is 5.32 Å². The molecule has 1 saturated heterocycles. The maximum atomic E-state index is 13.4. The Labute approximate surface area is 186 Å². The summed E-state index contributed by atoms with van der Waals surface area (Å²) in [5, 5.41) is 6.08. The Bertz CT molecular complexity index is 886. The number of carbonyl (C=O) groups excluding carboxylic acids is 2. The second-order valence-corrected chi connectivity index (χ2v) is 9.34. The summed E-state index contributed by atoms with van der Waals surface area (Å²) in [5.74, 6) is -0.159. The van der Waals surface area contributed by atoms with E-state index in [9.17, 15) is 9.59 Å². The van der Waals surface area contributed by atoms with Crippen molar-refractivity contribution in [1.29, 1.82) is 0 Å². The van der Waals surface area contributed by atoms with Crippen LogP contribution in [0.5, 0.6) is 0 Å². The van der Waals surface area contributed by atoms with Crippen molar-refractivity contribution in [3.63, 3.8) is 0 Å². The zero-order valence-corrected chi connectivity index (χ0v) is 19.3. The van der Waals surface area contributed by atoms with Crippen molar-refractivity contribution in [2.75, 3.05) is 18.5 Å². The number of amides is 2. The van der Waals surface area contributed by atoms with E-state index in [4.69, 9.17) is 4.74 Å². The zero-order valence-electron chi connectivity index (χ0n) is 17.8. The quantitative estimate of drug-likeness (QED) is 0.617. The molecule has 0 bridgehead atoms. The van der Waals surface area contributed by atoms with Crippen LogP contribution in [0.4, 0.5) is 5.69 Å². The van der Waals surface area contributed by atoms with Gasteiger partial charge in [-0.3, -0.25) is 9.59 Å². The third kappa shape index (κ3) is 5.10. The van der Waals surface area contributed by atoms with Gasteiger partial charge in [0.2, 0.25) is 5.91 Å². The Balaban J connectivity index is 1.76. The maximum absolute atomic E-state index is 13.4. The summed E-state index contributed by atoms with van der Waals surface area (Å²) in [6.07, 6.45) is 2.11. The minimum Gasteiger partial charge on any atom is -0.381 e. The monoisotopic (exact) mass is 472 g/mol. The SMILES string of the molecule is CCC(C)(C)NC(=O)c1ccc(NC(=O)C2(c3ccc(Br)cc3)CCOCC2)cc1. The summed E-state index contributed by atoms with van der Waals surface area (Å²) in [4.78, 5) is 25.8. The summed E-state index contributed by atoms with van der Waals surface area (Å²) in [6, 6.07) is 15.0. The van der Waals surface area contributed by atoms with Gasteiger partial charge < -0.3 is 15.4 Å². The van der Waals surface area contributed by atoms with Gasteiger partial charge in [0.1, 0.15) is 0 Å². The van der Waals surface area contributed by atoms with E-state index < -0.39 is 5.41 Å². The molecule has 160 valence electrons. The largest absolute Gasteiger partial charge is 0.381 e. The lowest BCUT2D eigenvalue weighted by molar-refractivity contribution is -0.125. The van der Waals surface area contributed by atoms with Gasteiger partial charge >= 0.3 is 0 Å². The first-order valence-electron chi connectivity index (χ1n) is 10.3. The molecule has 0 unspecified atom stereocenters. The average molecular weight is 473 g/mol. The molecule has 0 radical (unpaired) electrons. The summed E-state index contributed by atoms with van der Waals surface area (Å²) >= 11 is 3.46. The van der Waals surface area contributed by atoms with Crippen molar-refractivity contribution in [2.45, 2.75) is 51.0 Å². The van der Waals surface area contributed by atoms with E-state index in [-0.39, 0.29) is 17.4 Å². The van der Waals surface area contributed by atoms with E-state index in [0.29, 0.717) is 37.3 Å². The van der Waals surface area contributed by atoms with Crippen LogP contribution in [0.15, 0.2) is 53.0 Å². The van der Waals surface area contributed by atoms with Crippen LogP contribution in [-0.4, -0.2) is 30.6 Å². The Hall–Kier alpha value is -2.18. The molecule has 0 spiro atoms. The third-order valence-electron chi connectivity index (χ3n) is 5.92. The molecular formula is C24H29BrN2O3. The fourth-order valence-electron chi connectivity index (χ4n) is 3.56. The van der Waals surface area contributed by atoms with Crippen molar-refractivity contribution in [3.05, 3.63) is 64.1 Å². The highest BCUT2D eigenvalue weighted by atomic mass is 79.9. The van der Waals surface area contributed by atoms with E-state index in [2.05, 4.69) is 26.6 Å². The summed E-state index contributed by atoms with van der Waals surface area (Å²) in [5.41, 5.74) is 1.35. The van der Waals surface area contributed by atoms with Gasteiger partial charge in [-0.25, -0.2) is 0 Å². The fourth-order valence-corrected chi connectivity index (χ4v) is 3.82. The maximum Gasteiger partial charge on any atom is 0.251 e. The Morgan fingerprint density at radius 2 is 1.63 bits per heavy atom. The van der Waals surface area contributed by atoms with Gasteiger partial charge in [0.15, 0.2) is 0 Å². The van der Waals surface area contributed by atoms with Gasteiger partial charge in [-0.1, -0.05) is 35.0 Å². The van der Waals surface area contributed by atoms with Gasteiger partial charge in [-0.2, -0.15) is 0 Å². The number of carbonyl (C=O) groups is 2. The normalized spacial score (nSPS) is 16.0. The Morgan fingerprint density at radius 1 is 1.03 bits per heavy atom. The summed E-state index contributed by atoms with van der Waals surface area (Å²) < 4.78 is 6.51. The topological polar surface area (TPSA) is 67.4 Å². The van der Waals surface area contributed by atoms with Crippen LogP contribution in [0.25, 0.3) is 0 Å². The highest BCUT2D eigenvalue weighted by molar-refractivity contribution is 9.10. The van der Waals surface area contributed by atoms with E-state index in [1.54, 1.807) is 24.3 Å². The molecule has 3 rings (SSSR count). The van der Waals surface area contributed by atoms with Crippen LogP contribution >= 0.6 is 15.9 Å². The van der Waals surface area contributed by atoms with Crippen LogP contribution in [0.2, 0.25) is 0 Å². The van der Waals surface area contributed by atoms with Gasteiger partial charge in [0, 0.05) is 34.5 Å². The number of nitrogens with one attached hydrogen (secondary N) is 2. The first kappa shape index (κ1) is 22.5. The van der Waals surface area contributed by atoms with Gasteiger partial charge in [-0.15, -0.1) is 0 Å². The van der Waals surface area contributed by atoms with Crippen molar-refractivity contribution in [3.8, 4) is 0 Å². The second kappa shape index (κ2) is 9.31. The molecule has 0 aliphatic carbocycles. The lowest BCUT2D eigenvalue weighted by Gasteiger charge is -2.36. The molecule has 5 nitrogen and oxygen atoms in total. The third-order valence-corrected chi connectivity index (χ3v) is 6.45. The first-order chi connectivity index (χ1) is 14.3. The Kier molecular flexibility index (Phi) is 6.98. The second-order valence-electron chi connectivity index (χ2n) is 8.42. The summed E-state index contributed by atoms with van der Waals surface area (Å²) in [7, 11) is 0. The number of rotatable bonds is 6. The molecule has 2 amide bonds. The molecule has 1 aliphatic rings. The van der Waals surface area contributed by atoms with Gasteiger partial charge in [-0.05, 0) is 75.1 Å². The molecule has 2 aromatic rings. The van der Waals surface area contributed by atoms with E-state index >= 15 is 0 Å². The predicted octanol–water partition coefficient (Wildman–Crippen LogP) is 5.05. The number of hydrogen-bond acceptors (Lipinski definition) is 3. The first-order valence-corrected chi connectivity index (χ1v) is 11.1. The van der Waals surface area contributed by atoms with Gasteiger partial charge in [0.25, 0.3) is 5.91 Å². The molecule has 6 heteroatoms. The van der Waals surface area contributed by atoms with Crippen molar-refractivity contribution < 1.29 is 14.3 Å². The molecule has 1 aliphatic heterocycles. The zero-order chi connectivity index (χ0) is 21.8. The van der Waals surface area contributed by atoms with Crippen LogP contribution in [-0.2, 0) is 14.9 Å². The van der Waals surface area contributed by atoms with Crippen LogP contribution in [0, 0.1) is 0 Å². The minimum atomic E-state index is -0.625. The van der Waals surface area contributed by atoms with Crippen molar-refractivity contribution >= 4 is 33.4 Å². The summed E-state index contributed by atoms with van der Waals surface area (Å²) in [6.45, 7) is 7.13. The average Bonchev–Trinajstić information content (AvgIpc) is 2.75. The number of halogens is 1. The molecule has 30 heavy (non-hydrogen) atoms. The Morgan fingerprint density at radius 3 is 2.20 bits per heavy atom. The molecule has 0 saturated carbocycles. The highest BCUT2D eigenvalue weighted by Gasteiger charge is 2.41. The minimum absolute atomic E-state index is 0.0440. The van der Waals surface area contributed by atoms with Crippen LogP contribution < -0.4 is 10.6 Å². The van der Waals surface area contributed by atoms with Gasteiger partial charge in [0.05, 0.1) is 5.41 Å². The molecule has 0 atom stereocenters. The number of benzene rings is 2. The molecule has 0 aromatic heterocycles. The highest BCUT2D eigenvalue weighted by Crippen LogP contribution is 2.36.